The number of pyridine rings is 1. The third-order valence-corrected chi connectivity index (χ3v) is 7.99. The lowest BCUT2D eigenvalue weighted by molar-refractivity contribution is -0.148. The van der Waals surface area contributed by atoms with Crippen LogP contribution in [-0.2, 0) is 16.1 Å². The number of hydrogen-bond donors (Lipinski definition) is 0. The van der Waals surface area contributed by atoms with Crippen molar-refractivity contribution in [2.75, 3.05) is 19.6 Å². The van der Waals surface area contributed by atoms with Crippen LogP contribution in [0.4, 0.5) is 0 Å². The molecule has 33 heavy (non-hydrogen) atoms. The second-order valence-electron chi connectivity index (χ2n) is 10.7. The van der Waals surface area contributed by atoms with E-state index in [1.807, 2.05) is 39.0 Å². The predicted molar refractivity (Wildman–Crippen MR) is 125 cm³/mol. The molecule has 7 nitrogen and oxygen atoms in total. The van der Waals surface area contributed by atoms with Crippen LogP contribution in [0.25, 0.3) is 0 Å². The Bertz CT molecular complexity index is 1010. The zero-order valence-corrected chi connectivity index (χ0v) is 20.0. The molecule has 1 aliphatic carbocycles. The molecule has 7 heteroatoms. The number of piperidine rings is 1. The molecule has 2 aromatic rings. The van der Waals surface area contributed by atoms with Crippen LogP contribution >= 0.6 is 0 Å². The first-order valence-corrected chi connectivity index (χ1v) is 12.4. The number of carbonyl (C=O) groups excluding carboxylic acids is 2. The summed E-state index contributed by atoms with van der Waals surface area (Å²) in [6.45, 7) is 8.89. The Morgan fingerprint density at radius 2 is 2.06 bits per heavy atom. The van der Waals surface area contributed by atoms with Crippen molar-refractivity contribution in [3.8, 4) is 0 Å². The molecular weight excluding hydrogens is 414 g/mol. The molecule has 1 saturated carbocycles. The second-order valence-corrected chi connectivity index (χ2v) is 10.7. The highest BCUT2D eigenvalue weighted by atomic mass is 16.2. The van der Waals surface area contributed by atoms with Gasteiger partial charge in [-0.2, -0.15) is 5.10 Å². The molecule has 1 spiro atoms. The van der Waals surface area contributed by atoms with E-state index in [-0.39, 0.29) is 29.7 Å². The second kappa shape index (κ2) is 8.58. The van der Waals surface area contributed by atoms with Crippen molar-refractivity contribution in [1.29, 1.82) is 0 Å². The van der Waals surface area contributed by atoms with Crippen molar-refractivity contribution < 1.29 is 9.59 Å². The van der Waals surface area contributed by atoms with Crippen LogP contribution in [0, 0.1) is 17.3 Å². The summed E-state index contributed by atoms with van der Waals surface area (Å²) in [4.78, 5) is 35.8. The zero-order chi connectivity index (χ0) is 23.2. The minimum atomic E-state index is -0.585. The Kier molecular flexibility index (Phi) is 5.75. The van der Waals surface area contributed by atoms with Crippen molar-refractivity contribution in [3.05, 3.63) is 48.0 Å². The predicted octanol–water partition coefficient (Wildman–Crippen LogP) is 3.64. The molecule has 2 atom stereocenters. The van der Waals surface area contributed by atoms with Crippen LogP contribution < -0.4 is 0 Å². The summed E-state index contributed by atoms with van der Waals surface area (Å²) in [5.41, 5.74) is 1.54. The summed E-state index contributed by atoms with van der Waals surface area (Å²) >= 11 is 0. The quantitative estimate of drug-likeness (QED) is 0.699. The fourth-order valence-corrected chi connectivity index (χ4v) is 6.29. The largest absolute Gasteiger partial charge is 0.341 e. The van der Waals surface area contributed by atoms with Gasteiger partial charge in [-0.25, -0.2) is 0 Å². The molecule has 3 fully saturated rings. The van der Waals surface area contributed by atoms with Gasteiger partial charge in [0.25, 0.3) is 0 Å². The summed E-state index contributed by atoms with van der Waals surface area (Å²) in [6.07, 6.45) is 9.13. The molecule has 0 N–H and O–H groups in total. The van der Waals surface area contributed by atoms with Gasteiger partial charge in [-0.15, -0.1) is 0 Å². The molecule has 2 amide bonds. The van der Waals surface area contributed by atoms with E-state index < -0.39 is 5.41 Å². The fourth-order valence-electron chi connectivity index (χ4n) is 6.29. The van der Waals surface area contributed by atoms with Gasteiger partial charge in [-0.05, 0) is 63.1 Å². The summed E-state index contributed by atoms with van der Waals surface area (Å²) in [5, 5.41) is 4.57. The van der Waals surface area contributed by atoms with Gasteiger partial charge in [-0.3, -0.25) is 19.3 Å². The van der Waals surface area contributed by atoms with Gasteiger partial charge in [-0.1, -0.05) is 13.0 Å². The monoisotopic (exact) mass is 449 g/mol. The Morgan fingerprint density at radius 1 is 1.24 bits per heavy atom. The highest BCUT2D eigenvalue weighted by molar-refractivity contribution is 5.88. The van der Waals surface area contributed by atoms with Gasteiger partial charge < -0.3 is 9.80 Å². The van der Waals surface area contributed by atoms with Crippen molar-refractivity contribution in [1.82, 2.24) is 24.6 Å². The zero-order valence-electron chi connectivity index (χ0n) is 20.0. The van der Waals surface area contributed by atoms with Gasteiger partial charge in [0, 0.05) is 68.3 Å². The third-order valence-electron chi connectivity index (χ3n) is 7.99. The number of rotatable bonds is 5. The van der Waals surface area contributed by atoms with E-state index in [2.05, 4.69) is 36.9 Å². The Labute approximate surface area is 196 Å². The smallest absolute Gasteiger partial charge is 0.231 e. The van der Waals surface area contributed by atoms with Crippen LogP contribution in [0.15, 0.2) is 36.8 Å². The maximum atomic E-state index is 14.2. The van der Waals surface area contributed by atoms with Crippen LogP contribution in [0.2, 0.25) is 0 Å². The van der Waals surface area contributed by atoms with E-state index >= 15 is 0 Å². The van der Waals surface area contributed by atoms with Crippen molar-refractivity contribution >= 4 is 11.8 Å². The molecule has 5 rings (SSSR count). The summed E-state index contributed by atoms with van der Waals surface area (Å²) in [5.74, 6) is 1.13. The number of carbonyl (C=O) groups is 2. The summed E-state index contributed by atoms with van der Waals surface area (Å²) in [6, 6.07) is 6.20. The number of nitrogens with zero attached hydrogens (tertiary/aromatic N) is 5. The Morgan fingerprint density at radius 3 is 2.76 bits per heavy atom. The van der Waals surface area contributed by atoms with Crippen LogP contribution in [-0.4, -0.2) is 56.0 Å². The third kappa shape index (κ3) is 3.85. The average Bonchev–Trinajstić information content (AvgIpc) is 3.41. The number of aromatic nitrogens is 3. The van der Waals surface area contributed by atoms with Crippen LogP contribution in [0.5, 0.6) is 0 Å². The molecule has 0 radical (unpaired) electrons. The molecule has 2 saturated heterocycles. The fraction of sp³-hybridized carbons (Fsp3) is 0.615. The van der Waals surface area contributed by atoms with Gasteiger partial charge in [0.15, 0.2) is 0 Å². The topological polar surface area (TPSA) is 71.3 Å². The lowest BCUT2D eigenvalue weighted by atomic mass is 9.70. The normalized spacial score (nSPS) is 29.7. The molecule has 2 aliphatic heterocycles. The molecule has 2 unspecified atom stereocenters. The first-order chi connectivity index (χ1) is 15.9. The van der Waals surface area contributed by atoms with E-state index in [0.29, 0.717) is 25.6 Å². The van der Waals surface area contributed by atoms with E-state index in [1.54, 1.807) is 6.20 Å². The van der Waals surface area contributed by atoms with E-state index in [9.17, 15) is 9.59 Å². The lowest BCUT2D eigenvalue weighted by Gasteiger charge is -2.42. The molecule has 176 valence electrons. The Balaban J connectivity index is 1.48. The van der Waals surface area contributed by atoms with Gasteiger partial charge >= 0.3 is 0 Å². The van der Waals surface area contributed by atoms with Crippen LogP contribution in [0.3, 0.4) is 0 Å². The number of amides is 2. The highest BCUT2D eigenvalue weighted by Gasteiger charge is 2.57. The average molecular weight is 450 g/mol. The van der Waals surface area contributed by atoms with Crippen molar-refractivity contribution in [3.63, 3.8) is 0 Å². The maximum absolute atomic E-state index is 14.2. The molecule has 0 bridgehead atoms. The highest BCUT2D eigenvalue weighted by Crippen LogP contribution is 2.51. The standard InChI is InChI=1S/C26H35N5O2/c1-18(2)31-23(7-10-28-31)22-16-30(24(32)21-12-19(3)13-21)17-26(22)8-5-11-29(25(26)33)15-20-6-4-9-27-14-20/h4,6-7,9-10,14,18-19,21-22H,5,8,11-13,15-17H2,1-3H3. The van der Waals surface area contributed by atoms with Crippen LogP contribution in [0.1, 0.15) is 69.7 Å². The van der Waals surface area contributed by atoms with Gasteiger partial charge in [0.05, 0.1) is 5.41 Å². The summed E-state index contributed by atoms with van der Waals surface area (Å²) in [7, 11) is 0. The van der Waals surface area contributed by atoms with Crippen molar-refractivity contribution in [2.45, 2.75) is 65.0 Å². The number of likely N-dealkylation sites (tertiary alicyclic amines) is 2. The minimum Gasteiger partial charge on any atom is -0.341 e. The van der Waals surface area contributed by atoms with E-state index in [1.165, 1.54) is 0 Å². The molecule has 4 heterocycles. The minimum absolute atomic E-state index is 0.0342. The number of hydrogen-bond acceptors (Lipinski definition) is 4. The van der Waals surface area contributed by atoms with E-state index in [0.717, 1.165) is 43.5 Å². The molecule has 0 aromatic carbocycles. The maximum Gasteiger partial charge on any atom is 0.231 e. The van der Waals surface area contributed by atoms with Gasteiger partial charge in [0.1, 0.15) is 0 Å². The Hall–Kier alpha value is -2.70. The molecular formula is C26H35N5O2. The summed E-state index contributed by atoms with van der Waals surface area (Å²) < 4.78 is 2.04. The lowest BCUT2D eigenvalue weighted by Crippen LogP contribution is -2.52. The molecule has 3 aliphatic rings. The first-order valence-electron chi connectivity index (χ1n) is 12.4. The van der Waals surface area contributed by atoms with Crippen molar-refractivity contribution in [2.24, 2.45) is 17.3 Å². The SMILES string of the molecule is CC1CC(C(=O)N2CC(c3ccnn3C(C)C)C3(CCCN(Cc4cccnc4)C3=O)C2)C1. The molecule has 2 aromatic heterocycles. The van der Waals surface area contributed by atoms with E-state index in [4.69, 9.17) is 0 Å². The van der Waals surface area contributed by atoms with Gasteiger partial charge in [0.2, 0.25) is 11.8 Å². The first kappa shape index (κ1) is 22.1.